The highest BCUT2D eigenvalue weighted by Gasteiger charge is 2.14. The summed E-state index contributed by atoms with van der Waals surface area (Å²) in [5.74, 6) is 0.348. The third-order valence-electron chi connectivity index (χ3n) is 2.84. The predicted octanol–water partition coefficient (Wildman–Crippen LogP) is 2.78. The molecule has 2 nitrogen and oxygen atoms in total. The average Bonchev–Trinajstić information content (AvgIpc) is 2.31. The molecule has 0 aliphatic rings. The van der Waals surface area contributed by atoms with Crippen molar-refractivity contribution in [3.05, 3.63) is 35.9 Å². The second-order valence-corrected chi connectivity index (χ2v) is 4.02. The summed E-state index contributed by atoms with van der Waals surface area (Å²) in [4.78, 5) is 11.7. The second kappa shape index (κ2) is 7.04. The zero-order valence-electron chi connectivity index (χ0n) is 10.2. The zero-order chi connectivity index (χ0) is 11.8. The number of carbonyl (C=O) groups excluding carboxylic acids is 1. The lowest BCUT2D eigenvalue weighted by Gasteiger charge is -2.13. The van der Waals surface area contributed by atoms with Crippen LogP contribution in [0.4, 0.5) is 0 Å². The van der Waals surface area contributed by atoms with Gasteiger partial charge in [-0.05, 0) is 31.7 Å². The van der Waals surface area contributed by atoms with Gasteiger partial charge < -0.3 is 5.32 Å². The average molecular weight is 219 g/mol. The van der Waals surface area contributed by atoms with Gasteiger partial charge in [0.2, 0.25) is 5.91 Å². The Kier molecular flexibility index (Phi) is 5.62. The van der Waals surface area contributed by atoms with E-state index in [-0.39, 0.29) is 11.8 Å². The molecule has 0 spiro atoms. The summed E-state index contributed by atoms with van der Waals surface area (Å²) < 4.78 is 0. The molecule has 0 aliphatic carbocycles. The van der Waals surface area contributed by atoms with E-state index >= 15 is 0 Å². The van der Waals surface area contributed by atoms with E-state index in [0.717, 1.165) is 25.8 Å². The fraction of sp³-hybridized carbons (Fsp3) is 0.500. The number of amides is 1. The van der Waals surface area contributed by atoms with Crippen LogP contribution in [-0.4, -0.2) is 12.5 Å². The van der Waals surface area contributed by atoms with Crippen molar-refractivity contribution in [3.8, 4) is 0 Å². The van der Waals surface area contributed by atoms with Gasteiger partial charge in [-0.2, -0.15) is 0 Å². The van der Waals surface area contributed by atoms with Crippen LogP contribution in [0, 0.1) is 5.92 Å². The third kappa shape index (κ3) is 4.05. The second-order valence-electron chi connectivity index (χ2n) is 4.02. The molecule has 1 aromatic carbocycles. The molecular weight excluding hydrogens is 198 g/mol. The Morgan fingerprint density at radius 2 is 1.94 bits per heavy atom. The summed E-state index contributed by atoms with van der Waals surface area (Å²) in [5, 5.41) is 2.89. The lowest BCUT2D eigenvalue weighted by atomic mass is 9.96. The van der Waals surface area contributed by atoms with Crippen LogP contribution in [0.25, 0.3) is 0 Å². The molecule has 2 heteroatoms. The van der Waals surface area contributed by atoms with Gasteiger partial charge in [0, 0.05) is 12.5 Å². The van der Waals surface area contributed by atoms with Gasteiger partial charge in [0.1, 0.15) is 0 Å². The Bertz CT molecular complexity index is 308. The molecule has 0 saturated carbocycles. The fourth-order valence-electron chi connectivity index (χ4n) is 1.82. The molecule has 1 rings (SSSR count). The van der Waals surface area contributed by atoms with Gasteiger partial charge in [0.25, 0.3) is 0 Å². The number of nitrogens with one attached hydrogen (secondary N) is 1. The summed E-state index contributed by atoms with van der Waals surface area (Å²) in [6.45, 7) is 4.76. The molecule has 1 unspecified atom stereocenters. The predicted molar refractivity (Wildman–Crippen MR) is 67.2 cm³/mol. The van der Waals surface area contributed by atoms with Crippen molar-refractivity contribution in [1.29, 1.82) is 0 Å². The highest BCUT2D eigenvalue weighted by Crippen LogP contribution is 2.13. The summed E-state index contributed by atoms with van der Waals surface area (Å²) in [6, 6.07) is 10.3. The molecular formula is C14H21NO. The first-order chi connectivity index (χ1) is 7.77. The number of carbonyl (C=O) groups is 1. The highest BCUT2D eigenvalue weighted by molar-refractivity contribution is 5.78. The van der Waals surface area contributed by atoms with Gasteiger partial charge in [-0.25, -0.2) is 0 Å². The normalized spacial score (nSPS) is 12.1. The van der Waals surface area contributed by atoms with E-state index in [0.29, 0.717) is 0 Å². The van der Waals surface area contributed by atoms with Crippen molar-refractivity contribution in [2.24, 2.45) is 5.92 Å². The topological polar surface area (TPSA) is 29.1 Å². The van der Waals surface area contributed by atoms with Crippen LogP contribution >= 0.6 is 0 Å². The standard InChI is InChI=1S/C14H21NO/c1-3-13(14(16)15-4-2)11-10-12-8-6-5-7-9-12/h5-9,13H,3-4,10-11H2,1-2H3,(H,15,16). The largest absolute Gasteiger partial charge is 0.356 e. The van der Waals surface area contributed by atoms with Gasteiger partial charge in [0.05, 0.1) is 0 Å². The maximum absolute atomic E-state index is 11.7. The molecule has 0 saturated heterocycles. The highest BCUT2D eigenvalue weighted by atomic mass is 16.1. The van der Waals surface area contributed by atoms with Crippen molar-refractivity contribution in [2.45, 2.75) is 33.1 Å². The fourth-order valence-corrected chi connectivity index (χ4v) is 1.82. The first-order valence-electron chi connectivity index (χ1n) is 6.09. The van der Waals surface area contributed by atoms with Crippen molar-refractivity contribution in [2.75, 3.05) is 6.54 Å². The Balaban J connectivity index is 2.43. The number of rotatable bonds is 6. The van der Waals surface area contributed by atoms with Crippen LogP contribution in [0.15, 0.2) is 30.3 Å². The van der Waals surface area contributed by atoms with E-state index in [2.05, 4.69) is 24.4 Å². The maximum atomic E-state index is 11.7. The summed E-state index contributed by atoms with van der Waals surface area (Å²) in [6.07, 6.45) is 2.83. The first kappa shape index (κ1) is 12.8. The van der Waals surface area contributed by atoms with Crippen molar-refractivity contribution in [3.63, 3.8) is 0 Å². The quantitative estimate of drug-likeness (QED) is 0.783. The molecule has 0 radical (unpaired) electrons. The Hall–Kier alpha value is -1.31. The maximum Gasteiger partial charge on any atom is 0.223 e. The van der Waals surface area contributed by atoms with E-state index in [1.807, 2.05) is 25.1 Å². The minimum absolute atomic E-state index is 0.153. The Morgan fingerprint density at radius 3 is 2.50 bits per heavy atom. The number of hydrogen-bond acceptors (Lipinski definition) is 1. The molecule has 1 aromatic rings. The molecule has 1 atom stereocenters. The number of aryl methyl sites for hydroxylation is 1. The lowest BCUT2D eigenvalue weighted by Crippen LogP contribution is -2.30. The van der Waals surface area contributed by atoms with Gasteiger partial charge >= 0.3 is 0 Å². The minimum atomic E-state index is 0.153. The number of hydrogen-bond donors (Lipinski definition) is 1. The van der Waals surface area contributed by atoms with Crippen LogP contribution in [0.1, 0.15) is 32.3 Å². The lowest BCUT2D eigenvalue weighted by molar-refractivity contribution is -0.125. The van der Waals surface area contributed by atoms with E-state index in [1.165, 1.54) is 5.56 Å². The third-order valence-corrected chi connectivity index (χ3v) is 2.84. The first-order valence-corrected chi connectivity index (χ1v) is 6.09. The van der Waals surface area contributed by atoms with E-state index in [4.69, 9.17) is 0 Å². The smallest absolute Gasteiger partial charge is 0.223 e. The summed E-state index contributed by atoms with van der Waals surface area (Å²) >= 11 is 0. The van der Waals surface area contributed by atoms with Crippen LogP contribution in [0.3, 0.4) is 0 Å². The summed E-state index contributed by atoms with van der Waals surface area (Å²) in [5.41, 5.74) is 1.31. The zero-order valence-corrected chi connectivity index (χ0v) is 10.2. The van der Waals surface area contributed by atoms with Crippen LogP contribution in [-0.2, 0) is 11.2 Å². The molecule has 16 heavy (non-hydrogen) atoms. The van der Waals surface area contributed by atoms with Gasteiger partial charge in [-0.3, -0.25) is 4.79 Å². The Labute approximate surface area is 98.1 Å². The van der Waals surface area contributed by atoms with E-state index < -0.39 is 0 Å². The van der Waals surface area contributed by atoms with Crippen molar-refractivity contribution < 1.29 is 4.79 Å². The van der Waals surface area contributed by atoms with Gasteiger partial charge in [-0.1, -0.05) is 37.3 Å². The molecule has 88 valence electrons. The number of benzene rings is 1. The van der Waals surface area contributed by atoms with Crippen molar-refractivity contribution in [1.82, 2.24) is 5.32 Å². The molecule has 0 aliphatic heterocycles. The van der Waals surface area contributed by atoms with E-state index in [9.17, 15) is 4.79 Å². The van der Waals surface area contributed by atoms with Crippen molar-refractivity contribution >= 4 is 5.91 Å². The van der Waals surface area contributed by atoms with Crippen LogP contribution in [0.2, 0.25) is 0 Å². The van der Waals surface area contributed by atoms with Crippen LogP contribution < -0.4 is 5.32 Å². The minimum Gasteiger partial charge on any atom is -0.356 e. The van der Waals surface area contributed by atoms with Gasteiger partial charge in [0.15, 0.2) is 0 Å². The van der Waals surface area contributed by atoms with Gasteiger partial charge in [-0.15, -0.1) is 0 Å². The molecule has 0 aromatic heterocycles. The molecule has 1 N–H and O–H groups in total. The molecule has 0 bridgehead atoms. The molecule has 1 amide bonds. The molecule has 0 heterocycles. The SMILES string of the molecule is CCNC(=O)C(CC)CCc1ccccc1. The molecule has 0 fully saturated rings. The Morgan fingerprint density at radius 1 is 1.25 bits per heavy atom. The van der Waals surface area contributed by atoms with E-state index in [1.54, 1.807) is 0 Å². The monoisotopic (exact) mass is 219 g/mol. The van der Waals surface area contributed by atoms with Crippen LogP contribution in [0.5, 0.6) is 0 Å². The summed E-state index contributed by atoms with van der Waals surface area (Å²) in [7, 11) is 0.